The largest absolute Gasteiger partial charge is 0.349 e. The summed E-state index contributed by atoms with van der Waals surface area (Å²) in [6.45, 7) is 5.67. The van der Waals surface area contributed by atoms with Gasteiger partial charge in [-0.05, 0) is 43.3 Å². The molecule has 0 saturated heterocycles. The fourth-order valence-corrected chi connectivity index (χ4v) is 2.41. The van der Waals surface area contributed by atoms with E-state index < -0.39 is 0 Å². The van der Waals surface area contributed by atoms with Crippen LogP contribution in [-0.4, -0.2) is 30.4 Å². The second-order valence-corrected chi connectivity index (χ2v) is 6.19. The fraction of sp³-hybridized carbons (Fsp3) is 0.190. The van der Waals surface area contributed by atoms with Crippen LogP contribution >= 0.6 is 0 Å². The number of carbonyl (C=O) groups is 3. The summed E-state index contributed by atoms with van der Waals surface area (Å²) in [7, 11) is 0. The zero-order chi connectivity index (χ0) is 20.4. The van der Waals surface area contributed by atoms with Gasteiger partial charge in [-0.15, -0.1) is 6.58 Å². The zero-order valence-corrected chi connectivity index (χ0v) is 15.7. The number of hydrogen-bond donors (Lipinski definition) is 4. The SMILES string of the molecule is C=CCNC(=O)Nc1ccc(NC(=O)CC(C)NC(=O)c2ccccc2)cc1. The Morgan fingerprint density at radius 2 is 1.57 bits per heavy atom. The molecule has 0 aromatic heterocycles. The van der Waals surface area contributed by atoms with Gasteiger partial charge in [0, 0.05) is 35.9 Å². The number of nitrogens with one attached hydrogen (secondary N) is 4. The van der Waals surface area contributed by atoms with Crippen LogP contribution in [0.3, 0.4) is 0 Å². The topological polar surface area (TPSA) is 99.3 Å². The minimum absolute atomic E-state index is 0.141. The van der Waals surface area contributed by atoms with E-state index >= 15 is 0 Å². The molecule has 2 aromatic carbocycles. The molecule has 1 atom stereocenters. The summed E-state index contributed by atoms with van der Waals surface area (Å²) in [4.78, 5) is 35.8. The van der Waals surface area contributed by atoms with E-state index in [-0.39, 0.29) is 30.3 Å². The molecule has 0 aliphatic heterocycles. The fourth-order valence-electron chi connectivity index (χ4n) is 2.41. The number of urea groups is 1. The highest BCUT2D eigenvalue weighted by atomic mass is 16.2. The van der Waals surface area contributed by atoms with Crippen LogP contribution in [0.2, 0.25) is 0 Å². The van der Waals surface area contributed by atoms with Gasteiger partial charge >= 0.3 is 6.03 Å². The molecule has 7 nitrogen and oxygen atoms in total. The van der Waals surface area contributed by atoms with Gasteiger partial charge in [0.25, 0.3) is 5.91 Å². The molecule has 1 unspecified atom stereocenters. The van der Waals surface area contributed by atoms with Gasteiger partial charge in [-0.1, -0.05) is 24.3 Å². The Morgan fingerprint density at radius 1 is 0.964 bits per heavy atom. The average Bonchev–Trinajstić information content (AvgIpc) is 2.68. The van der Waals surface area contributed by atoms with Gasteiger partial charge in [-0.2, -0.15) is 0 Å². The number of benzene rings is 2. The van der Waals surface area contributed by atoms with Crippen molar-refractivity contribution in [2.24, 2.45) is 0 Å². The summed E-state index contributed by atoms with van der Waals surface area (Å²) in [5.41, 5.74) is 1.75. The Kier molecular flexibility index (Phi) is 7.77. The Morgan fingerprint density at radius 3 is 2.18 bits per heavy atom. The molecule has 0 fully saturated rings. The quantitative estimate of drug-likeness (QED) is 0.530. The van der Waals surface area contributed by atoms with E-state index in [4.69, 9.17) is 0 Å². The van der Waals surface area contributed by atoms with Crippen LogP contribution in [0.15, 0.2) is 67.3 Å². The molecule has 2 rings (SSSR count). The van der Waals surface area contributed by atoms with E-state index in [1.165, 1.54) is 0 Å². The number of amides is 4. The monoisotopic (exact) mass is 380 g/mol. The van der Waals surface area contributed by atoms with Crippen LogP contribution in [0.4, 0.5) is 16.2 Å². The van der Waals surface area contributed by atoms with Crippen LogP contribution in [0, 0.1) is 0 Å². The summed E-state index contributed by atoms with van der Waals surface area (Å²) >= 11 is 0. The molecular formula is C21H24N4O3. The molecule has 146 valence electrons. The third-order valence-corrected chi connectivity index (χ3v) is 3.74. The lowest BCUT2D eigenvalue weighted by molar-refractivity contribution is -0.116. The maximum absolute atomic E-state index is 12.2. The van der Waals surface area contributed by atoms with Crippen molar-refractivity contribution in [2.45, 2.75) is 19.4 Å². The lowest BCUT2D eigenvalue weighted by Gasteiger charge is -2.14. The van der Waals surface area contributed by atoms with Crippen molar-refractivity contribution in [1.82, 2.24) is 10.6 Å². The normalized spacial score (nSPS) is 11.0. The predicted octanol–water partition coefficient (Wildman–Crippen LogP) is 3.14. The Balaban J connectivity index is 1.79. The van der Waals surface area contributed by atoms with Gasteiger partial charge < -0.3 is 21.3 Å². The minimum Gasteiger partial charge on any atom is -0.349 e. The molecule has 2 aromatic rings. The molecule has 0 spiro atoms. The maximum atomic E-state index is 12.2. The molecule has 0 radical (unpaired) electrons. The summed E-state index contributed by atoms with van der Waals surface area (Å²) in [6, 6.07) is 14.9. The van der Waals surface area contributed by atoms with Crippen LogP contribution in [0.1, 0.15) is 23.7 Å². The molecule has 0 aliphatic rings. The molecule has 4 amide bonds. The van der Waals surface area contributed by atoms with Gasteiger partial charge in [0.2, 0.25) is 5.91 Å². The highest BCUT2D eigenvalue weighted by Crippen LogP contribution is 2.14. The smallest absolute Gasteiger partial charge is 0.319 e. The van der Waals surface area contributed by atoms with Crippen LogP contribution in [0.5, 0.6) is 0 Å². The average molecular weight is 380 g/mol. The molecule has 0 aliphatic carbocycles. The standard InChI is InChI=1S/C21H24N4O3/c1-3-13-22-21(28)25-18-11-9-17(10-12-18)24-19(26)14-15(2)23-20(27)16-7-5-4-6-8-16/h3-12,15H,1,13-14H2,2H3,(H,23,27)(H,24,26)(H2,22,25,28). The number of anilines is 2. The van der Waals surface area contributed by atoms with E-state index in [2.05, 4.69) is 27.8 Å². The molecular weight excluding hydrogens is 356 g/mol. The Bertz CT molecular complexity index is 819. The molecule has 28 heavy (non-hydrogen) atoms. The summed E-state index contributed by atoms with van der Waals surface area (Å²) in [6.07, 6.45) is 1.73. The second-order valence-electron chi connectivity index (χ2n) is 6.19. The lowest BCUT2D eigenvalue weighted by atomic mass is 10.1. The maximum Gasteiger partial charge on any atom is 0.319 e. The van der Waals surface area contributed by atoms with Crippen molar-refractivity contribution in [3.8, 4) is 0 Å². The first-order valence-electron chi connectivity index (χ1n) is 8.89. The molecule has 7 heteroatoms. The van der Waals surface area contributed by atoms with Crippen molar-refractivity contribution >= 4 is 29.2 Å². The summed E-state index contributed by atoms with van der Waals surface area (Å²) in [5, 5.41) is 10.8. The van der Waals surface area contributed by atoms with Crippen molar-refractivity contribution in [1.29, 1.82) is 0 Å². The first kappa shape index (κ1) is 20.7. The van der Waals surface area contributed by atoms with Crippen molar-refractivity contribution in [3.63, 3.8) is 0 Å². The number of rotatable bonds is 8. The summed E-state index contributed by atoms with van der Waals surface area (Å²) < 4.78 is 0. The first-order valence-corrected chi connectivity index (χ1v) is 8.89. The Hall–Kier alpha value is -3.61. The molecule has 0 heterocycles. The van der Waals surface area contributed by atoms with Crippen LogP contribution in [-0.2, 0) is 4.79 Å². The third-order valence-electron chi connectivity index (χ3n) is 3.74. The van der Waals surface area contributed by atoms with Crippen LogP contribution in [0.25, 0.3) is 0 Å². The van der Waals surface area contributed by atoms with Crippen molar-refractivity contribution in [3.05, 3.63) is 72.8 Å². The van der Waals surface area contributed by atoms with E-state index in [0.717, 1.165) is 0 Å². The zero-order valence-electron chi connectivity index (χ0n) is 15.7. The minimum atomic E-state index is -0.334. The molecule has 4 N–H and O–H groups in total. The lowest BCUT2D eigenvalue weighted by Crippen LogP contribution is -2.35. The van der Waals surface area contributed by atoms with Crippen molar-refractivity contribution < 1.29 is 14.4 Å². The number of carbonyl (C=O) groups excluding carboxylic acids is 3. The molecule has 0 saturated carbocycles. The van der Waals surface area contributed by atoms with E-state index in [1.807, 2.05) is 6.07 Å². The molecule has 0 bridgehead atoms. The predicted molar refractivity (Wildman–Crippen MR) is 110 cm³/mol. The van der Waals surface area contributed by atoms with E-state index in [0.29, 0.717) is 23.5 Å². The number of hydrogen-bond acceptors (Lipinski definition) is 3. The first-order chi connectivity index (χ1) is 13.5. The van der Waals surface area contributed by atoms with Gasteiger partial charge in [0.05, 0.1) is 0 Å². The van der Waals surface area contributed by atoms with Gasteiger partial charge in [-0.3, -0.25) is 9.59 Å². The van der Waals surface area contributed by atoms with E-state index in [1.54, 1.807) is 61.5 Å². The highest BCUT2D eigenvalue weighted by molar-refractivity contribution is 5.96. The highest BCUT2D eigenvalue weighted by Gasteiger charge is 2.13. The van der Waals surface area contributed by atoms with Gasteiger partial charge in [-0.25, -0.2) is 4.79 Å². The van der Waals surface area contributed by atoms with Crippen molar-refractivity contribution in [2.75, 3.05) is 17.2 Å². The second kappa shape index (κ2) is 10.5. The summed E-state index contributed by atoms with van der Waals surface area (Å²) in [5.74, 6) is -0.434. The van der Waals surface area contributed by atoms with E-state index in [9.17, 15) is 14.4 Å². The van der Waals surface area contributed by atoms with Gasteiger partial charge in [0.1, 0.15) is 0 Å². The van der Waals surface area contributed by atoms with Gasteiger partial charge in [0.15, 0.2) is 0 Å². The Labute approximate surface area is 164 Å². The third kappa shape index (κ3) is 6.95. The van der Waals surface area contributed by atoms with Crippen LogP contribution < -0.4 is 21.3 Å².